The zero-order chi connectivity index (χ0) is 8.39. The van der Waals surface area contributed by atoms with Crippen LogP contribution >= 0.6 is 11.3 Å². The van der Waals surface area contributed by atoms with Crippen molar-refractivity contribution >= 4 is 11.3 Å². The standard InChI is InChI=1S/C9H13NOS/c11-9-6-12-5-7(9)8-3-1-2-4-10-8/h5-6,8,10-11H,1-4H2. The molecule has 2 N–H and O–H groups in total. The van der Waals surface area contributed by atoms with E-state index in [1.165, 1.54) is 12.8 Å². The van der Waals surface area contributed by atoms with E-state index >= 15 is 0 Å². The van der Waals surface area contributed by atoms with Gasteiger partial charge in [-0.2, -0.15) is 0 Å². The molecule has 3 heteroatoms. The van der Waals surface area contributed by atoms with Crippen molar-refractivity contribution in [3.8, 4) is 5.75 Å². The molecule has 1 aliphatic heterocycles. The smallest absolute Gasteiger partial charge is 0.131 e. The van der Waals surface area contributed by atoms with E-state index in [0.29, 0.717) is 11.8 Å². The molecule has 66 valence electrons. The Balaban J connectivity index is 2.13. The Morgan fingerprint density at radius 1 is 1.42 bits per heavy atom. The number of hydrogen-bond donors (Lipinski definition) is 2. The summed E-state index contributed by atoms with van der Waals surface area (Å²) in [6.45, 7) is 1.08. The van der Waals surface area contributed by atoms with Crippen LogP contribution < -0.4 is 5.32 Å². The van der Waals surface area contributed by atoms with Crippen LogP contribution in [0.3, 0.4) is 0 Å². The quantitative estimate of drug-likeness (QED) is 0.700. The van der Waals surface area contributed by atoms with Gasteiger partial charge < -0.3 is 10.4 Å². The van der Waals surface area contributed by atoms with Crippen molar-refractivity contribution in [1.29, 1.82) is 0 Å². The Hall–Kier alpha value is -0.540. The van der Waals surface area contributed by atoms with Crippen LogP contribution in [0.1, 0.15) is 30.9 Å². The van der Waals surface area contributed by atoms with Gasteiger partial charge in [0.15, 0.2) is 0 Å². The molecule has 1 saturated heterocycles. The van der Waals surface area contributed by atoms with E-state index < -0.39 is 0 Å². The van der Waals surface area contributed by atoms with Gasteiger partial charge in [0.05, 0.1) is 0 Å². The summed E-state index contributed by atoms with van der Waals surface area (Å²) in [7, 11) is 0. The van der Waals surface area contributed by atoms with E-state index in [1.54, 1.807) is 16.7 Å². The SMILES string of the molecule is Oc1cscc1C1CCCCN1. The molecular weight excluding hydrogens is 170 g/mol. The lowest BCUT2D eigenvalue weighted by atomic mass is 9.99. The number of nitrogens with one attached hydrogen (secondary N) is 1. The predicted octanol–water partition coefficient (Wildman–Crippen LogP) is 2.27. The minimum atomic E-state index is 0.394. The van der Waals surface area contributed by atoms with Crippen molar-refractivity contribution in [1.82, 2.24) is 5.32 Å². The van der Waals surface area contributed by atoms with Crippen molar-refractivity contribution in [3.63, 3.8) is 0 Å². The first-order valence-corrected chi connectivity index (χ1v) is 5.30. The van der Waals surface area contributed by atoms with Crippen LogP contribution in [0.15, 0.2) is 10.8 Å². The van der Waals surface area contributed by atoms with Crippen LogP contribution in [0.4, 0.5) is 0 Å². The molecule has 0 spiro atoms. The van der Waals surface area contributed by atoms with Gasteiger partial charge >= 0.3 is 0 Å². The third-order valence-corrected chi connectivity index (χ3v) is 3.11. The molecule has 0 bridgehead atoms. The third-order valence-electron chi connectivity index (χ3n) is 2.36. The zero-order valence-corrected chi connectivity index (χ0v) is 7.73. The minimum Gasteiger partial charge on any atom is -0.507 e. The Morgan fingerprint density at radius 3 is 2.92 bits per heavy atom. The molecule has 0 amide bonds. The average molecular weight is 183 g/mol. The summed E-state index contributed by atoms with van der Waals surface area (Å²) in [5.74, 6) is 0.458. The second-order valence-electron chi connectivity index (χ2n) is 3.21. The molecule has 1 aromatic heterocycles. The van der Waals surface area contributed by atoms with Gasteiger partial charge in [-0.3, -0.25) is 0 Å². The summed E-state index contributed by atoms with van der Waals surface area (Å²) in [4.78, 5) is 0. The molecule has 1 unspecified atom stereocenters. The lowest BCUT2D eigenvalue weighted by molar-refractivity contribution is 0.393. The van der Waals surface area contributed by atoms with E-state index in [4.69, 9.17) is 0 Å². The highest BCUT2D eigenvalue weighted by Gasteiger charge is 2.17. The highest BCUT2D eigenvalue weighted by atomic mass is 32.1. The van der Waals surface area contributed by atoms with Crippen molar-refractivity contribution in [3.05, 3.63) is 16.3 Å². The van der Waals surface area contributed by atoms with Crippen LogP contribution in [0.25, 0.3) is 0 Å². The Bertz CT molecular complexity index is 253. The molecule has 1 atom stereocenters. The van der Waals surface area contributed by atoms with Crippen LogP contribution in [-0.4, -0.2) is 11.7 Å². The molecule has 1 aromatic rings. The molecule has 0 saturated carbocycles. The molecular formula is C9H13NOS. The first-order valence-electron chi connectivity index (χ1n) is 4.36. The average Bonchev–Trinajstić information content (AvgIpc) is 2.53. The van der Waals surface area contributed by atoms with Gasteiger partial charge in [0.2, 0.25) is 0 Å². The monoisotopic (exact) mass is 183 g/mol. The number of aromatic hydroxyl groups is 1. The lowest BCUT2D eigenvalue weighted by Crippen LogP contribution is -2.26. The van der Waals surface area contributed by atoms with Gasteiger partial charge in [-0.1, -0.05) is 6.42 Å². The normalized spacial score (nSPS) is 24.2. The fourth-order valence-corrected chi connectivity index (χ4v) is 2.44. The van der Waals surface area contributed by atoms with Crippen LogP contribution in [-0.2, 0) is 0 Å². The third kappa shape index (κ3) is 1.47. The number of piperidine rings is 1. The van der Waals surface area contributed by atoms with Gasteiger partial charge in [-0.25, -0.2) is 0 Å². The summed E-state index contributed by atoms with van der Waals surface area (Å²) < 4.78 is 0. The Labute approximate surface area is 76.2 Å². The number of hydrogen-bond acceptors (Lipinski definition) is 3. The molecule has 2 rings (SSSR count). The highest BCUT2D eigenvalue weighted by Crippen LogP contribution is 2.32. The summed E-state index contributed by atoms with van der Waals surface area (Å²) in [6, 6.07) is 0.394. The van der Waals surface area contributed by atoms with E-state index in [0.717, 1.165) is 18.5 Å². The first kappa shape index (κ1) is 8.08. The maximum atomic E-state index is 9.47. The van der Waals surface area contributed by atoms with E-state index in [9.17, 15) is 5.11 Å². The Morgan fingerprint density at radius 2 is 2.33 bits per heavy atom. The summed E-state index contributed by atoms with van der Waals surface area (Å²) in [6.07, 6.45) is 3.69. The van der Waals surface area contributed by atoms with Crippen LogP contribution in [0.2, 0.25) is 0 Å². The van der Waals surface area contributed by atoms with E-state index in [-0.39, 0.29) is 0 Å². The first-order chi connectivity index (χ1) is 5.88. The summed E-state index contributed by atoms with van der Waals surface area (Å²) in [5, 5.41) is 16.7. The van der Waals surface area contributed by atoms with Gasteiger partial charge in [0.1, 0.15) is 5.75 Å². The number of rotatable bonds is 1. The van der Waals surface area contributed by atoms with Crippen molar-refractivity contribution in [2.75, 3.05) is 6.54 Å². The highest BCUT2D eigenvalue weighted by molar-refractivity contribution is 7.08. The van der Waals surface area contributed by atoms with Gasteiger partial charge in [0, 0.05) is 17.0 Å². The summed E-state index contributed by atoms with van der Waals surface area (Å²) >= 11 is 1.57. The fourth-order valence-electron chi connectivity index (χ4n) is 1.68. The molecule has 1 fully saturated rings. The second-order valence-corrected chi connectivity index (χ2v) is 3.96. The molecule has 12 heavy (non-hydrogen) atoms. The van der Waals surface area contributed by atoms with Gasteiger partial charge in [0.25, 0.3) is 0 Å². The van der Waals surface area contributed by atoms with E-state index in [1.807, 2.05) is 5.38 Å². The molecule has 1 aliphatic rings. The van der Waals surface area contributed by atoms with E-state index in [2.05, 4.69) is 5.32 Å². The molecule has 2 heterocycles. The molecule has 0 aliphatic carbocycles. The van der Waals surface area contributed by atoms with Crippen molar-refractivity contribution in [2.24, 2.45) is 0 Å². The van der Waals surface area contributed by atoms with Crippen LogP contribution in [0, 0.1) is 0 Å². The lowest BCUT2D eigenvalue weighted by Gasteiger charge is -2.22. The van der Waals surface area contributed by atoms with Crippen molar-refractivity contribution in [2.45, 2.75) is 25.3 Å². The summed E-state index contributed by atoms with van der Waals surface area (Å²) in [5.41, 5.74) is 1.08. The van der Waals surface area contributed by atoms with Crippen LogP contribution in [0.5, 0.6) is 5.75 Å². The fraction of sp³-hybridized carbons (Fsp3) is 0.556. The molecule has 2 nitrogen and oxygen atoms in total. The maximum absolute atomic E-state index is 9.47. The van der Waals surface area contributed by atoms with Crippen molar-refractivity contribution < 1.29 is 5.11 Å². The largest absolute Gasteiger partial charge is 0.507 e. The van der Waals surface area contributed by atoms with Gasteiger partial charge in [-0.15, -0.1) is 11.3 Å². The topological polar surface area (TPSA) is 32.3 Å². The second kappa shape index (κ2) is 3.46. The number of thiophene rings is 1. The maximum Gasteiger partial charge on any atom is 0.131 e. The predicted molar refractivity (Wildman–Crippen MR) is 50.6 cm³/mol. The molecule has 0 radical (unpaired) electrons. The Kier molecular flexibility index (Phi) is 2.33. The molecule has 0 aromatic carbocycles. The zero-order valence-electron chi connectivity index (χ0n) is 6.92. The minimum absolute atomic E-state index is 0.394. The van der Waals surface area contributed by atoms with Gasteiger partial charge in [-0.05, 0) is 24.8 Å².